The first-order chi connectivity index (χ1) is 16.3. The van der Waals surface area contributed by atoms with E-state index in [9.17, 15) is 0 Å². The number of rotatable bonds is 4. The minimum absolute atomic E-state index is 0.730. The van der Waals surface area contributed by atoms with Crippen LogP contribution >= 0.6 is 0 Å². The van der Waals surface area contributed by atoms with Gasteiger partial charge in [0, 0.05) is 21.9 Å². The van der Waals surface area contributed by atoms with Crippen LogP contribution in [-0.2, 0) is 0 Å². The van der Waals surface area contributed by atoms with E-state index in [0.717, 1.165) is 41.1 Å². The molecule has 6 rings (SSSR count). The molecule has 0 bridgehead atoms. The molecule has 33 heavy (non-hydrogen) atoms. The van der Waals surface area contributed by atoms with Gasteiger partial charge in [-0.1, -0.05) is 103 Å². The van der Waals surface area contributed by atoms with Crippen molar-refractivity contribution in [1.29, 1.82) is 0 Å². The molecule has 0 aliphatic carbocycles. The molecule has 0 fully saturated rings. The fourth-order valence-electron chi connectivity index (χ4n) is 4.57. The van der Waals surface area contributed by atoms with Gasteiger partial charge in [-0.3, -0.25) is 0 Å². The van der Waals surface area contributed by atoms with Crippen LogP contribution < -0.4 is 5.46 Å². The van der Waals surface area contributed by atoms with Crippen molar-refractivity contribution < 1.29 is 0 Å². The van der Waals surface area contributed by atoms with E-state index in [2.05, 4.69) is 90.3 Å². The monoisotopic (exact) mass is 423 g/mol. The summed E-state index contributed by atoms with van der Waals surface area (Å²) in [6, 6.07) is 35.9. The lowest BCUT2D eigenvalue weighted by Gasteiger charge is -2.14. The molecule has 6 aromatic rings. The van der Waals surface area contributed by atoms with Gasteiger partial charge in [0.2, 0.25) is 0 Å². The Morgan fingerprint density at radius 1 is 0.667 bits per heavy atom. The molecule has 0 saturated carbocycles. The van der Waals surface area contributed by atoms with Gasteiger partial charge in [0.25, 0.3) is 0 Å². The Balaban J connectivity index is 1.70. The summed E-state index contributed by atoms with van der Waals surface area (Å²) in [5.74, 6) is 0.730. The van der Waals surface area contributed by atoms with Gasteiger partial charge in [-0.25, -0.2) is 9.97 Å². The SMILES string of the molecule is CBc1ccc2c3ccccc3n(-c3cnc(-c4ccccc4)nc3-c3ccccc3)c2c1. The molecule has 4 heteroatoms. The lowest BCUT2D eigenvalue weighted by molar-refractivity contribution is 1.09. The van der Waals surface area contributed by atoms with E-state index in [-0.39, 0.29) is 0 Å². The van der Waals surface area contributed by atoms with Crippen LogP contribution in [-0.4, -0.2) is 21.8 Å². The molecule has 0 radical (unpaired) electrons. The van der Waals surface area contributed by atoms with E-state index < -0.39 is 0 Å². The van der Waals surface area contributed by atoms with Crippen LogP contribution in [0.15, 0.2) is 109 Å². The van der Waals surface area contributed by atoms with Gasteiger partial charge in [-0.2, -0.15) is 0 Å². The quantitative estimate of drug-likeness (QED) is 0.325. The van der Waals surface area contributed by atoms with Gasteiger partial charge >= 0.3 is 0 Å². The summed E-state index contributed by atoms with van der Waals surface area (Å²) in [7, 11) is 0.993. The molecule has 2 heterocycles. The number of para-hydroxylation sites is 1. The molecule has 4 aromatic carbocycles. The maximum atomic E-state index is 5.09. The molecule has 0 saturated heterocycles. The minimum Gasteiger partial charge on any atom is -0.306 e. The third-order valence-corrected chi connectivity index (χ3v) is 6.24. The van der Waals surface area contributed by atoms with Crippen LogP contribution in [0.5, 0.6) is 0 Å². The Kier molecular flexibility index (Phi) is 4.77. The maximum Gasteiger partial charge on any atom is 0.159 e. The minimum atomic E-state index is 0.730. The summed E-state index contributed by atoms with van der Waals surface area (Å²) >= 11 is 0. The Morgan fingerprint density at radius 3 is 2.09 bits per heavy atom. The van der Waals surface area contributed by atoms with Gasteiger partial charge in [0.15, 0.2) is 13.1 Å². The van der Waals surface area contributed by atoms with E-state index in [0.29, 0.717) is 0 Å². The number of nitrogens with zero attached hydrogens (tertiary/aromatic N) is 3. The molecule has 0 aliphatic heterocycles. The zero-order valence-corrected chi connectivity index (χ0v) is 18.4. The average molecular weight is 423 g/mol. The molecule has 156 valence electrons. The average Bonchev–Trinajstić information content (AvgIpc) is 3.23. The van der Waals surface area contributed by atoms with Gasteiger partial charge < -0.3 is 4.57 Å². The predicted octanol–water partition coefficient (Wildman–Crippen LogP) is 6.02. The highest BCUT2D eigenvalue weighted by molar-refractivity contribution is 6.52. The summed E-state index contributed by atoms with van der Waals surface area (Å²) < 4.78 is 2.32. The Labute approximate surface area is 193 Å². The van der Waals surface area contributed by atoms with Crippen molar-refractivity contribution >= 4 is 34.5 Å². The van der Waals surface area contributed by atoms with Crippen LogP contribution in [0, 0.1) is 0 Å². The highest BCUT2D eigenvalue weighted by Crippen LogP contribution is 2.35. The fourth-order valence-corrected chi connectivity index (χ4v) is 4.57. The fraction of sp³-hybridized carbons (Fsp3) is 0.0345. The Bertz CT molecular complexity index is 1590. The maximum absolute atomic E-state index is 5.09. The summed E-state index contributed by atoms with van der Waals surface area (Å²) in [6.07, 6.45) is 1.97. The lowest BCUT2D eigenvalue weighted by atomic mass is 9.73. The van der Waals surface area contributed by atoms with Gasteiger partial charge in [-0.05, 0) is 12.1 Å². The van der Waals surface area contributed by atoms with Crippen molar-refractivity contribution in [2.24, 2.45) is 0 Å². The van der Waals surface area contributed by atoms with Gasteiger partial charge in [-0.15, -0.1) is 0 Å². The lowest BCUT2D eigenvalue weighted by Crippen LogP contribution is -2.10. The van der Waals surface area contributed by atoms with Crippen molar-refractivity contribution in [3.63, 3.8) is 0 Å². The van der Waals surface area contributed by atoms with Gasteiger partial charge in [0.1, 0.15) is 0 Å². The Hall–Kier alpha value is -4.18. The van der Waals surface area contributed by atoms with E-state index in [4.69, 9.17) is 9.97 Å². The number of hydrogen-bond donors (Lipinski definition) is 0. The van der Waals surface area contributed by atoms with Crippen LogP contribution in [0.1, 0.15) is 0 Å². The molecular formula is C29H22BN3. The van der Waals surface area contributed by atoms with Crippen LogP contribution in [0.3, 0.4) is 0 Å². The summed E-state index contributed by atoms with van der Waals surface area (Å²) in [6.45, 7) is 2.20. The zero-order chi connectivity index (χ0) is 22.2. The van der Waals surface area contributed by atoms with Crippen LogP contribution in [0.2, 0.25) is 6.82 Å². The first kappa shape index (κ1) is 19.5. The summed E-state index contributed by atoms with van der Waals surface area (Å²) in [5.41, 5.74) is 7.66. The van der Waals surface area contributed by atoms with Crippen LogP contribution in [0.4, 0.5) is 0 Å². The molecule has 0 atom stereocenters. The van der Waals surface area contributed by atoms with Crippen molar-refractivity contribution in [3.05, 3.63) is 109 Å². The number of hydrogen-bond acceptors (Lipinski definition) is 2. The van der Waals surface area contributed by atoms with Gasteiger partial charge in [0.05, 0.1) is 28.6 Å². The number of benzene rings is 4. The second-order valence-electron chi connectivity index (χ2n) is 8.22. The van der Waals surface area contributed by atoms with E-state index in [1.807, 2.05) is 30.5 Å². The molecular weight excluding hydrogens is 401 g/mol. The summed E-state index contributed by atoms with van der Waals surface area (Å²) in [5, 5.41) is 2.48. The highest BCUT2D eigenvalue weighted by Gasteiger charge is 2.18. The van der Waals surface area contributed by atoms with E-state index in [1.165, 1.54) is 21.8 Å². The highest BCUT2D eigenvalue weighted by atomic mass is 15.0. The first-order valence-electron chi connectivity index (χ1n) is 11.3. The molecule has 0 spiro atoms. The third kappa shape index (κ3) is 3.31. The van der Waals surface area contributed by atoms with Crippen molar-refractivity contribution in [3.8, 4) is 28.3 Å². The van der Waals surface area contributed by atoms with E-state index in [1.54, 1.807) is 0 Å². The van der Waals surface area contributed by atoms with E-state index >= 15 is 0 Å². The number of aromatic nitrogens is 3. The summed E-state index contributed by atoms with van der Waals surface area (Å²) in [4.78, 5) is 9.91. The largest absolute Gasteiger partial charge is 0.306 e. The second kappa shape index (κ2) is 8.07. The predicted molar refractivity (Wildman–Crippen MR) is 140 cm³/mol. The molecule has 2 aromatic heterocycles. The molecule has 0 unspecified atom stereocenters. The van der Waals surface area contributed by atoms with Crippen molar-refractivity contribution in [1.82, 2.24) is 14.5 Å². The van der Waals surface area contributed by atoms with Crippen molar-refractivity contribution in [2.75, 3.05) is 0 Å². The molecule has 0 N–H and O–H groups in total. The molecule has 3 nitrogen and oxygen atoms in total. The smallest absolute Gasteiger partial charge is 0.159 e. The normalized spacial score (nSPS) is 11.2. The second-order valence-corrected chi connectivity index (χ2v) is 8.22. The standard InChI is InChI=1S/C29H22BN3/c1-30-22-16-17-24-23-14-8-9-15-25(23)33(26(24)18-22)27-19-31-29(21-12-6-3-7-13-21)32-28(27)20-10-4-2-5-11-20/h2-19,30H,1H3. The van der Waals surface area contributed by atoms with Crippen molar-refractivity contribution in [2.45, 2.75) is 6.82 Å². The van der Waals surface area contributed by atoms with Crippen LogP contribution in [0.25, 0.3) is 50.1 Å². The topological polar surface area (TPSA) is 30.7 Å². The molecule has 0 amide bonds. The number of fused-ring (bicyclic) bond motifs is 3. The third-order valence-electron chi connectivity index (χ3n) is 6.24. The zero-order valence-electron chi connectivity index (χ0n) is 18.4. The molecule has 0 aliphatic rings. The first-order valence-corrected chi connectivity index (χ1v) is 11.3. The Morgan fingerprint density at radius 2 is 1.33 bits per heavy atom.